The first kappa shape index (κ1) is 17.0. The number of rotatable bonds is 7. The van der Waals surface area contributed by atoms with E-state index in [9.17, 15) is 0 Å². The zero-order chi connectivity index (χ0) is 15.4. The van der Waals surface area contributed by atoms with Crippen LogP contribution in [0.4, 0.5) is 0 Å². The zero-order valence-electron chi connectivity index (χ0n) is 14.0. The molecule has 0 spiro atoms. The summed E-state index contributed by atoms with van der Waals surface area (Å²) in [6.45, 7) is 11.0. The summed E-state index contributed by atoms with van der Waals surface area (Å²) in [5.41, 5.74) is 2.48. The van der Waals surface area contributed by atoms with Crippen LogP contribution in [0, 0.1) is 18.8 Å². The van der Waals surface area contributed by atoms with E-state index < -0.39 is 0 Å². The van der Waals surface area contributed by atoms with E-state index in [0.717, 1.165) is 37.0 Å². The Morgan fingerprint density at radius 2 is 2.14 bits per heavy atom. The number of hydrogen-bond acceptors (Lipinski definition) is 2. The van der Waals surface area contributed by atoms with E-state index in [0.29, 0.717) is 6.04 Å². The van der Waals surface area contributed by atoms with Crippen LogP contribution in [0.5, 0.6) is 0 Å². The standard InChI is InChI=1S/C17H30BrN3/c1-5-9-19-15(14-8-7-12(3)10-14)11-16-17(18)13(4)20-21(16)6-2/h12,14-15,19H,5-11H2,1-4H3. The molecule has 0 aromatic carbocycles. The van der Waals surface area contributed by atoms with Gasteiger partial charge in [0.2, 0.25) is 0 Å². The molecular weight excluding hydrogens is 326 g/mol. The van der Waals surface area contributed by atoms with Gasteiger partial charge in [0.25, 0.3) is 0 Å². The fourth-order valence-corrected chi connectivity index (χ4v) is 4.07. The van der Waals surface area contributed by atoms with Gasteiger partial charge in [-0.25, -0.2) is 0 Å². The largest absolute Gasteiger partial charge is 0.313 e. The molecule has 1 N–H and O–H groups in total. The molecule has 3 unspecified atom stereocenters. The summed E-state index contributed by atoms with van der Waals surface area (Å²) >= 11 is 3.75. The van der Waals surface area contributed by atoms with Gasteiger partial charge in [-0.2, -0.15) is 5.10 Å². The van der Waals surface area contributed by atoms with Gasteiger partial charge >= 0.3 is 0 Å². The molecule has 120 valence electrons. The van der Waals surface area contributed by atoms with Crippen LogP contribution in [-0.4, -0.2) is 22.4 Å². The maximum Gasteiger partial charge on any atom is 0.0738 e. The molecule has 3 atom stereocenters. The molecule has 1 aliphatic rings. The predicted molar refractivity (Wildman–Crippen MR) is 92.6 cm³/mol. The summed E-state index contributed by atoms with van der Waals surface area (Å²) in [5.74, 6) is 1.71. The number of nitrogens with zero attached hydrogens (tertiary/aromatic N) is 2. The fourth-order valence-electron chi connectivity index (χ4n) is 3.62. The van der Waals surface area contributed by atoms with Crippen LogP contribution in [0.3, 0.4) is 0 Å². The molecule has 4 heteroatoms. The summed E-state index contributed by atoms with van der Waals surface area (Å²) in [5, 5.41) is 8.45. The normalized spacial score (nSPS) is 23.7. The van der Waals surface area contributed by atoms with Gasteiger partial charge in [0, 0.05) is 19.0 Å². The third kappa shape index (κ3) is 4.10. The van der Waals surface area contributed by atoms with Crippen molar-refractivity contribution in [1.29, 1.82) is 0 Å². The van der Waals surface area contributed by atoms with Crippen molar-refractivity contribution < 1.29 is 0 Å². The first-order valence-corrected chi connectivity index (χ1v) is 9.31. The van der Waals surface area contributed by atoms with Crippen molar-refractivity contribution in [3.8, 4) is 0 Å². The van der Waals surface area contributed by atoms with Crippen LogP contribution < -0.4 is 5.32 Å². The fraction of sp³-hybridized carbons (Fsp3) is 0.824. The number of hydrogen-bond donors (Lipinski definition) is 1. The van der Waals surface area contributed by atoms with Crippen molar-refractivity contribution in [2.45, 2.75) is 72.4 Å². The second-order valence-electron chi connectivity index (χ2n) is 6.60. The summed E-state index contributed by atoms with van der Waals surface area (Å²) in [6, 6.07) is 0.590. The molecule has 1 aromatic heterocycles. The Morgan fingerprint density at radius 3 is 2.71 bits per heavy atom. The predicted octanol–water partition coefficient (Wildman–Crippen LogP) is 4.32. The number of halogens is 1. The Hall–Kier alpha value is -0.350. The molecule has 1 heterocycles. The second kappa shape index (κ2) is 7.77. The molecule has 0 aliphatic heterocycles. The first-order valence-electron chi connectivity index (χ1n) is 8.51. The first-order chi connectivity index (χ1) is 10.1. The molecule has 0 radical (unpaired) electrons. The van der Waals surface area contributed by atoms with Crippen LogP contribution in [0.25, 0.3) is 0 Å². The van der Waals surface area contributed by atoms with Gasteiger partial charge < -0.3 is 5.32 Å². The monoisotopic (exact) mass is 355 g/mol. The molecule has 1 aromatic rings. The van der Waals surface area contributed by atoms with Crippen LogP contribution in [0.1, 0.15) is 57.8 Å². The van der Waals surface area contributed by atoms with Crippen molar-refractivity contribution in [2.75, 3.05) is 6.54 Å². The average molecular weight is 356 g/mol. The van der Waals surface area contributed by atoms with Gasteiger partial charge in [-0.05, 0) is 67.4 Å². The molecule has 2 rings (SSSR count). The molecule has 0 bridgehead atoms. The third-order valence-electron chi connectivity index (χ3n) is 4.83. The molecular formula is C17H30BrN3. The van der Waals surface area contributed by atoms with Crippen molar-refractivity contribution in [3.05, 3.63) is 15.9 Å². The summed E-state index contributed by atoms with van der Waals surface area (Å²) in [6.07, 6.45) is 6.43. The Balaban J connectivity index is 2.14. The number of nitrogens with one attached hydrogen (secondary N) is 1. The topological polar surface area (TPSA) is 29.9 Å². The molecule has 1 aliphatic carbocycles. The van der Waals surface area contributed by atoms with Gasteiger partial charge in [-0.15, -0.1) is 0 Å². The molecule has 0 amide bonds. The maximum absolute atomic E-state index is 4.65. The molecule has 3 nitrogen and oxygen atoms in total. The third-order valence-corrected chi connectivity index (χ3v) is 5.86. The highest BCUT2D eigenvalue weighted by atomic mass is 79.9. The van der Waals surface area contributed by atoms with Crippen LogP contribution in [0.2, 0.25) is 0 Å². The van der Waals surface area contributed by atoms with Gasteiger partial charge in [0.05, 0.1) is 15.9 Å². The van der Waals surface area contributed by atoms with Gasteiger partial charge in [-0.3, -0.25) is 4.68 Å². The van der Waals surface area contributed by atoms with Gasteiger partial charge in [0.1, 0.15) is 0 Å². The van der Waals surface area contributed by atoms with E-state index in [1.807, 2.05) is 0 Å². The summed E-state index contributed by atoms with van der Waals surface area (Å²) < 4.78 is 3.37. The summed E-state index contributed by atoms with van der Waals surface area (Å²) in [4.78, 5) is 0. The van der Waals surface area contributed by atoms with E-state index >= 15 is 0 Å². The highest BCUT2D eigenvalue weighted by molar-refractivity contribution is 9.10. The van der Waals surface area contributed by atoms with Crippen molar-refractivity contribution in [1.82, 2.24) is 15.1 Å². The summed E-state index contributed by atoms with van der Waals surface area (Å²) in [7, 11) is 0. The zero-order valence-corrected chi connectivity index (χ0v) is 15.5. The SMILES string of the molecule is CCCNC(Cc1c(Br)c(C)nn1CC)C1CCC(C)C1. The van der Waals surface area contributed by atoms with E-state index in [4.69, 9.17) is 0 Å². The van der Waals surface area contributed by atoms with Gasteiger partial charge in [-0.1, -0.05) is 20.3 Å². The van der Waals surface area contributed by atoms with Crippen molar-refractivity contribution >= 4 is 15.9 Å². The Morgan fingerprint density at radius 1 is 1.38 bits per heavy atom. The molecule has 1 fully saturated rings. The number of aromatic nitrogens is 2. The molecule has 1 saturated carbocycles. The van der Waals surface area contributed by atoms with Crippen LogP contribution in [0.15, 0.2) is 4.47 Å². The Bertz CT molecular complexity index is 455. The maximum atomic E-state index is 4.65. The van der Waals surface area contributed by atoms with Crippen molar-refractivity contribution in [3.63, 3.8) is 0 Å². The lowest BCUT2D eigenvalue weighted by Crippen LogP contribution is -2.38. The van der Waals surface area contributed by atoms with E-state index in [1.165, 1.54) is 35.8 Å². The average Bonchev–Trinajstić information content (AvgIpc) is 3.01. The minimum Gasteiger partial charge on any atom is -0.313 e. The van der Waals surface area contributed by atoms with Crippen LogP contribution >= 0.6 is 15.9 Å². The number of aryl methyl sites for hydroxylation is 2. The smallest absolute Gasteiger partial charge is 0.0738 e. The molecule has 0 saturated heterocycles. The second-order valence-corrected chi connectivity index (χ2v) is 7.40. The lowest BCUT2D eigenvalue weighted by Gasteiger charge is -2.25. The minimum atomic E-state index is 0.590. The lowest BCUT2D eigenvalue weighted by atomic mass is 9.93. The Labute approximate surface area is 138 Å². The highest BCUT2D eigenvalue weighted by Gasteiger charge is 2.30. The Kier molecular flexibility index (Phi) is 6.30. The quantitative estimate of drug-likeness (QED) is 0.789. The van der Waals surface area contributed by atoms with E-state index in [2.05, 4.69) is 58.7 Å². The lowest BCUT2D eigenvalue weighted by molar-refractivity contribution is 0.341. The highest BCUT2D eigenvalue weighted by Crippen LogP contribution is 2.34. The minimum absolute atomic E-state index is 0.590. The van der Waals surface area contributed by atoms with E-state index in [-0.39, 0.29) is 0 Å². The molecule has 21 heavy (non-hydrogen) atoms. The van der Waals surface area contributed by atoms with Gasteiger partial charge in [0.15, 0.2) is 0 Å². The van der Waals surface area contributed by atoms with Crippen molar-refractivity contribution in [2.24, 2.45) is 11.8 Å². The van der Waals surface area contributed by atoms with Crippen LogP contribution in [-0.2, 0) is 13.0 Å². The van der Waals surface area contributed by atoms with E-state index in [1.54, 1.807) is 0 Å².